The number of carbonyl (C=O) groups excluding carboxylic acids is 2. The number of carbonyl (C=O) groups is 2. The van der Waals surface area contributed by atoms with Crippen LogP contribution in [0.25, 0.3) is 5.76 Å². The summed E-state index contributed by atoms with van der Waals surface area (Å²) in [5, 5.41) is 11.0. The van der Waals surface area contributed by atoms with Gasteiger partial charge in [0.2, 0.25) is 0 Å². The van der Waals surface area contributed by atoms with E-state index in [4.69, 9.17) is 4.74 Å². The fourth-order valence-corrected chi connectivity index (χ4v) is 3.56. The third-order valence-corrected chi connectivity index (χ3v) is 4.98. The monoisotopic (exact) mass is 394 g/mol. The van der Waals surface area contributed by atoms with Gasteiger partial charge in [0.25, 0.3) is 11.7 Å². The Bertz CT molecular complexity index is 891. The van der Waals surface area contributed by atoms with Gasteiger partial charge >= 0.3 is 0 Å². The number of hydrogen-bond donors (Lipinski definition) is 1. The second kappa shape index (κ2) is 9.37. The lowest BCUT2D eigenvalue weighted by molar-refractivity contribution is -0.139. The van der Waals surface area contributed by atoms with Crippen molar-refractivity contribution in [2.75, 3.05) is 13.2 Å². The standard InChI is InChI=1S/C23H26N2O4/c1-3-5-6-14-25-20(17-8-7-13-24-15-17)19(22(27)23(25)28)21(26)16-9-11-18(12-10-16)29-4-2/h7-13,15,20,26H,3-6,14H2,1-2H3/b21-19-. The van der Waals surface area contributed by atoms with Crippen molar-refractivity contribution in [3.8, 4) is 5.75 Å². The topological polar surface area (TPSA) is 79.7 Å². The number of aliphatic hydroxyl groups excluding tert-OH is 1. The fourth-order valence-electron chi connectivity index (χ4n) is 3.56. The third-order valence-electron chi connectivity index (χ3n) is 4.98. The Morgan fingerprint density at radius 3 is 2.52 bits per heavy atom. The molecular weight excluding hydrogens is 368 g/mol. The molecule has 2 aromatic rings. The molecule has 29 heavy (non-hydrogen) atoms. The molecule has 0 radical (unpaired) electrons. The molecule has 1 atom stereocenters. The van der Waals surface area contributed by atoms with E-state index in [0.717, 1.165) is 19.3 Å². The number of rotatable bonds is 8. The molecule has 1 aromatic heterocycles. The van der Waals surface area contributed by atoms with E-state index in [-0.39, 0.29) is 11.3 Å². The number of pyridine rings is 1. The average molecular weight is 394 g/mol. The summed E-state index contributed by atoms with van der Waals surface area (Å²) in [6, 6.07) is 9.77. The molecule has 1 aliphatic heterocycles. The summed E-state index contributed by atoms with van der Waals surface area (Å²) in [6.45, 7) is 4.97. The predicted octanol–water partition coefficient (Wildman–Crippen LogP) is 4.09. The molecule has 6 heteroatoms. The van der Waals surface area contributed by atoms with Crippen LogP contribution in [0, 0.1) is 0 Å². The Morgan fingerprint density at radius 2 is 1.90 bits per heavy atom. The van der Waals surface area contributed by atoms with E-state index >= 15 is 0 Å². The fraction of sp³-hybridized carbons (Fsp3) is 0.348. The summed E-state index contributed by atoms with van der Waals surface area (Å²) in [5.41, 5.74) is 1.27. The van der Waals surface area contributed by atoms with Gasteiger partial charge in [-0.1, -0.05) is 25.8 Å². The van der Waals surface area contributed by atoms with E-state index < -0.39 is 17.7 Å². The molecule has 1 aromatic carbocycles. The Labute approximate surface area is 170 Å². The zero-order valence-corrected chi connectivity index (χ0v) is 16.8. The molecule has 1 amide bonds. The minimum atomic E-state index is -0.665. The first kappa shape index (κ1) is 20.6. The van der Waals surface area contributed by atoms with Gasteiger partial charge in [-0.25, -0.2) is 0 Å². The summed E-state index contributed by atoms with van der Waals surface area (Å²) in [6.07, 6.45) is 6.03. The smallest absolute Gasteiger partial charge is 0.295 e. The number of aromatic nitrogens is 1. The van der Waals surface area contributed by atoms with Crippen LogP contribution in [-0.4, -0.2) is 39.8 Å². The molecule has 1 N–H and O–H groups in total. The number of ketones is 1. The van der Waals surface area contributed by atoms with Crippen molar-refractivity contribution in [1.29, 1.82) is 0 Å². The highest BCUT2D eigenvalue weighted by molar-refractivity contribution is 6.46. The highest BCUT2D eigenvalue weighted by Gasteiger charge is 2.45. The third kappa shape index (κ3) is 4.31. The highest BCUT2D eigenvalue weighted by atomic mass is 16.5. The maximum atomic E-state index is 12.9. The van der Waals surface area contributed by atoms with Crippen LogP contribution in [0.4, 0.5) is 0 Å². The molecule has 0 bridgehead atoms. The van der Waals surface area contributed by atoms with E-state index in [9.17, 15) is 14.7 Å². The van der Waals surface area contributed by atoms with Crippen LogP contribution in [0.5, 0.6) is 5.75 Å². The van der Waals surface area contributed by atoms with Gasteiger partial charge in [0.05, 0.1) is 18.2 Å². The first-order valence-corrected chi connectivity index (χ1v) is 10.00. The van der Waals surface area contributed by atoms with Crippen LogP contribution < -0.4 is 4.74 Å². The number of Topliss-reactive ketones (excluding diaryl/α,β-unsaturated/α-hetero) is 1. The van der Waals surface area contributed by atoms with Gasteiger partial charge in [-0.15, -0.1) is 0 Å². The van der Waals surface area contributed by atoms with Crippen LogP contribution >= 0.6 is 0 Å². The van der Waals surface area contributed by atoms with Gasteiger partial charge < -0.3 is 14.7 Å². The number of hydrogen-bond acceptors (Lipinski definition) is 5. The second-order valence-corrected chi connectivity index (χ2v) is 6.94. The highest BCUT2D eigenvalue weighted by Crippen LogP contribution is 2.39. The van der Waals surface area contributed by atoms with Crippen molar-refractivity contribution < 1.29 is 19.4 Å². The van der Waals surface area contributed by atoms with Crippen molar-refractivity contribution in [3.05, 3.63) is 65.5 Å². The summed E-state index contributed by atoms with van der Waals surface area (Å²) >= 11 is 0. The van der Waals surface area contributed by atoms with E-state index in [2.05, 4.69) is 11.9 Å². The predicted molar refractivity (Wildman–Crippen MR) is 110 cm³/mol. The summed E-state index contributed by atoms with van der Waals surface area (Å²) < 4.78 is 5.43. The number of ether oxygens (including phenoxy) is 1. The maximum absolute atomic E-state index is 12.9. The van der Waals surface area contributed by atoms with Crippen LogP contribution in [0.2, 0.25) is 0 Å². The van der Waals surface area contributed by atoms with Gasteiger partial charge in [-0.2, -0.15) is 0 Å². The quantitative estimate of drug-likeness (QED) is 0.316. The van der Waals surface area contributed by atoms with Gasteiger partial charge in [-0.3, -0.25) is 14.6 Å². The number of amides is 1. The Morgan fingerprint density at radius 1 is 1.14 bits per heavy atom. The van der Waals surface area contributed by atoms with Crippen molar-refractivity contribution in [1.82, 2.24) is 9.88 Å². The van der Waals surface area contributed by atoms with Crippen molar-refractivity contribution >= 4 is 17.4 Å². The van der Waals surface area contributed by atoms with Gasteiger partial charge in [0, 0.05) is 24.5 Å². The zero-order chi connectivity index (χ0) is 20.8. The molecule has 0 spiro atoms. The minimum Gasteiger partial charge on any atom is -0.507 e. The molecule has 1 unspecified atom stereocenters. The van der Waals surface area contributed by atoms with Crippen LogP contribution in [0.15, 0.2) is 54.4 Å². The van der Waals surface area contributed by atoms with E-state index in [0.29, 0.717) is 30.0 Å². The minimum absolute atomic E-state index is 0.101. The number of likely N-dealkylation sites (tertiary alicyclic amines) is 1. The molecular formula is C23H26N2O4. The number of unbranched alkanes of at least 4 members (excludes halogenated alkanes) is 2. The number of aliphatic hydroxyl groups is 1. The van der Waals surface area contributed by atoms with Crippen LogP contribution in [0.3, 0.4) is 0 Å². The molecule has 6 nitrogen and oxygen atoms in total. The maximum Gasteiger partial charge on any atom is 0.295 e. The molecule has 1 fully saturated rings. The lowest BCUT2D eigenvalue weighted by Gasteiger charge is -2.25. The van der Waals surface area contributed by atoms with Crippen molar-refractivity contribution in [2.24, 2.45) is 0 Å². The van der Waals surface area contributed by atoms with E-state index in [1.54, 1.807) is 47.6 Å². The average Bonchev–Trinajstić information content (AvgIpc) is 3.00. The molecule has 152 valence electrons. The second-order valence-electron chi connectivity index (χ2n) is 6.94. The lowest BCUT2D eigenvalue weighted by atomic mass is 9.96. The first-order valence-electron chi connectivity index (χ1n) is 10.00. The Hall–Kier alpha value is -3.15. The van der Waals surface area contributed by atoms with E-state index in [1.165, 1.54) is 0 Å². The summed E-state index contributed by atoms with van der Waals surface area (Å²) in [5.74, 6) is -0.754. The van der Waals surface area contributed by atoms with Gasteiger partial charge in [-0.05, 0) is 49.2 Å². The van der Waals surface area contributed by atoms with Gasteiger partial charge in [0.1, 0.15) is 11.5 Å². The molecule has 1 saturated heterocycles. The Kier molecular flexibility index (Phi) is 6.65. The lowest BCUT2D eigenvalue weighted by Crippen LogP contribution is -2.30. The van der Waals surface area contributed by atoms with Crippen LogP contribution in [-0.2, 0) is 9.59 Å². The van der Waals surface area contributed by atoms with Crippen molar-refractivity contribution in [3.63, 3.8) is 0 Å². The number of benzene rings is 1. The van der Waals surface area contributed by atoms with Gasteiger partial charge in [0.15, 0.2) is 0 Å². The summed E-state index contributed by atoms with van der Waals surface area (Å²) in [7, 11) is 0. The molecule has 0 aliphatic carbocycles. The molecule has 1 aliphatic rings. The molecule has 0 saturated carbocycles. The summed E-state index contributed by atoms with van der Waals surface area (Å²) in [4.78, 5) is 31.3. The first-order chi connectivity index (χ1) is 14.1. The van der Waals surface area contributed by atoms with Crippen LogP contribution in [0.1, 0.15) is 50.3 Å². The van der Waals surface area contributed by atoms with Crippen molar-refractivity contribution in [2.45, 2.75) is 39.2 Å². The normalized spacial score (nSPS) is 18.3. The Balaban J connectivity index is 2.04. The molecule has 3 rings (SSSR count). The zero-order valence-electron chi connectivity index (χ0n) is 16.8. The SMILES string of the molecule is CCCCCN1C(=O)C(=O)/C(=C(\O)c2ccc(OCC)cc2)C1c1cccnc1. The number of nitrogens with zero attached hydrogens (tertiary/aromatic N) is 2. The van der Waals surface area contributed by atoms with E-state index in [1.807, 2.05) is 13.0 Å². The molecule has 2 heterocycles. The largest absolute Gasteiger partial charge is 0.507 e.